The van der Waals surface area contributed by atoms with E-state index in [-0.39, 0.29) is 0 Å². The van der Waals surface area contributed by atoms with Gasteiger partial charge in [0.2, 0.25) is 0 Å². The van der Waals surface area contributed by atoms with E-state index in [0.717, 1.165) is 27.4 Å². The van der Waals surface area contributed by atoms with Gasteiger partial charge in [0.15, 0.2) is 0 Å². The van der Waals surface area contributed by atoms with Crippen LogP contribution in [0.2, 0.25) is 0 Å². The number of aromatic nitrogens is 1. The molecular formula is C25H18N2S. The van der Waals surface area contributed by atoms with Crippen LogP contribution >= 0.6 is 11.3 Å². The summed E-state index contributed by atoms with van der Waals surface area (Å²) in [5.74, 6) is 0. The third kappa shape index (κ3) is 3.78. The Morgan fingerprint density at radius 3 is 2.21 bits per heavy atom. The summed E-state index contributed by atoms with van der Waals surface area (Å²) >= 11 is 1.50. The first-order chi connectivity index (χ1) is 13.7. The van der Waals surface area contributed by atoms with Crippen molar-refractivity contribution in [2.75, 3.05) is 0 Å². The minimum absolute atomic E-state index is 0.589. The van der Waals surface area contributed by atoms with Gasteiger partial charge >= 0.3 is 0 Å². The zero-order valence-corrected chi connectivity index (χ0v) is 16.3. The van der Waals surface area contributed by atoms with E-state index in [1.807, 2.05) is 60.8 Å². The van der Waals surface area contributed by atoms with Gasteiger partial charge in [0.25, 0.3) is 0 Å². The molecule has 0 fully saturated rings. The maximum Gasteiger partial charge on any atom is 0.134 e. The second-order valence-corrected chi connectivity index (χ2v) is 7.37. The van der Waals surface area contributed by atoms with Gasteiger partial charge in [-0.2, -0.15) is 5.26 Å². The lowest BCUT2D eigenvalue weighted by Crippen LogP contribution is -1.85. The van der Waals surface area contributed by atoms with Crippen LogP contribution in [0.5, 0.6) is 0 Å². The summed E-state index contributed by atoms with van der Waals surface area (Å²) in [6.07, 6.45) is 1.91. The highest BCUT2D eigenvalue weighted by Gasteiger charge is 2.10. The molecule has 0 saturated carbocycles. The van der Waals surface area contributed by atoms with E-state index in [4.69, 9.17) is 4.98 Å². The molecule has 3 aromatic carbocycles. The molecule has 4 aromatic rings. The fourth-order valence-corrected chi connectivity index (χ4v) is 3.83. The van der Waals surface area contributed by atoms with Gasteiger partial charge in [-0.25, -0.2) is 4.98 Å². The molecule has 0 bridgehead atoms. The number of nitriles is 1. The van der Waals surface area contributed by atoms with Crippen LogP contribution in [0.15, 0.2) is 84.2 Å². The lowest BCUT2D eigenvalue weighted by atomic mass is 10.0. The van der Waals surface area contributed by atoms with Gasteiger partial charge in [-0.05, 0) is 35.3 Å². The topological polar surface area (TPSA) is 36.7 Å². The summed E-state index contributed by atoms with van der Waals surface area (Å²) in [6.45, 7) is 2.04. The standard InChI is InChI=1S/C25H18N2S/c1-18-7-5-6-10-22(18)15-23(16-26)25-27-24(17-28-25)21-13-11-20(12-14-21)19-8-3-2-4-9-19/h2-15,17H,1H3/b23-15+. The summed E-state index contributed by atoms with van der Waals surface area (Å²) in [6, 6.07) is 29.0. The molecule has 2 nitrogen and oxygen atoms in total. The highest BCUT2D eigenvalue weighted by Crippen LogP contribution is 2.29. The molecular weight excluding hydrogens is 360 g/mol. The monoisotopic (exact) mass is 378 g/mol. The molecule has 0 amide bonds. The molecule has 1 heterocycles. The van der Waals surface area contributed by atoms with Crippen LogP contribution in [0.3, 0.4) is 0 Å². The Morgan fingerprint density at radius 1 is 0.857 bits per heavy atom. The maximum absolute atomic E-state index is 9.62. The number of nitrogens with zero attached hydrogens (tertiary/aromatic N) is 2. The second kappa shape index (κ2) is 8.04. The number of thiazole rings is 1. The smallest absolute Gasteiger partial charge is 0.134 e. The highest BCUT2D eigenvalue weighted by molar-refractivity contribution is 7.11. The van der Waals surface area contributed by atoms with Crippen molar-refractivity contribution in [3.63, 3.8) is 0 Å². The molecule has 28 heavy (non-hydrogen) atoms. The SMILES string of the molecule is Cc1ccccc1/C=C(\C#N)c1nc(-c2ccc(-c3ccccc3)cc2)cs1. The second-order valence-electron chi connectivity index (χ2n) is 6.51. The Bertz CT molecular complexity index is 1160. The van der Waals surface area contributed by atoms with Gasteiger partial charge in [-0.3, -0.25) is 0 Å². The van der Waals surface area contributed by atoms with Crippen LogP contribution in [-0.4, -0.2) is 4.98 Å². The van der Waals surface area contributed by atoms with E-state index in [1.54, 1.807) is 0 Å². The minimum atomic E-state index is 0.589. The van der Waals surface area contributed by atoms with Crippen LogP contribution in [0.1, 0.15) is 16.1 Å². The molecule has 0 unspecified atom stereocenters. The largest absolute Gasteiger partial charge is 0.235 e. The summed E-state index contributed by atoms with van der Waals surface area (Å²) in [7, 11) is 0. The summed E-state index contributed by atoms with van der Waals surface area (Å²) in [4.78, 5) is 4.71. The van der Waals surface area contributed by atoms with Gasteiger partial charge in [0.05, 0.1) is 11.3 Å². The molecule has 4 rings (SSSR count). The van der Waals surface area contributed by atoms with Gasteiger partial charge in [0, 0.05) is 10.9 Å². The highest BCUT2D eigenvalue weighted by atomic mass is 32.1. The number of rotatable bonds is 4. The fourth-order valence-electron chi connectivity index (χ4n) is 3.04. The van der Waals surface area contributed by atoms with Gasteiger partial charge < -0.3 is 0 Å². The van der Waals surface area contributed by atoms with Crippen LogP contribution in [0, 0.1) is 18.3 Å². The van der Waals surface area contributed by atoms with Crippen molar-refractivity contribution >= 4 is 23.0 Å². The van der Waals surface area contributed by atoms with E-state index >= 15 is 0 Å². The molecule has 0 aliphatic carbocycles. The van der Waals surface area contributed by atoms with Crippen molar-refractivity contribution in [1.29, 1.82) is 5.26 Å². The first kappa shape index (κ1) is 17.9. The third-order valence-electron chi connectivity index (χ3n) is 4.63. The molecule has 0 radical (unpaired) electrons. The summed E-state index contributed by atoms with van der Waals surface area (Å²) < 4.78 is 0. The first-order valence-electron chi connectivity index (χ1n) is 9.04. The number of benzene rings is 3. The first-order valence-corrected chi connectivity index (χ1v) is 9.92. The van der Waals surface area contributed by atoms with Crippen LogP contribution in [-0.2, 0) is 0 Å². The van der Waals surface area contributed by atoms with Crippen molar-refractivity contribution in [2.24, 2.45) is 0 Å². The third-order valence-corrected chi connectivity index (χ3v) is 5.51. The fraction of sp³-hybridized carbons (Fsp3) is 0.0400. The van der Waals surface area contributed by atoms with Crippen molar-refractivity contribution in [3.05, 3.63) is 100 Å². The predicted octanol–water partition coefficient (Wildman–Crippen LogP) is 6.85. The van der Waals surface area contributed by atoms with Crippen molar-refractivity contribution < 1.29 is 0 Å². The Labute approximate surface area is 169 Å². The molecule has 3 heteroatoms. The number of hydrogen-bond donors (Lipinski definition) is 0. The molecule has 0 aliphatic rings. The van der Waals surface area contributed by atoms with Crippen LogP contribution in [0.4, 0.5) is 0 Å². The van der Waals surface area contributed by atoms with E-state index in [2.05, 4.69) is 42.5 Å². The lowest BCUT2D eigenvalue weighted by molar-refractivity contribution is 1.37. The molecule has 0 saturated heterocycles. The number of hydrogen-bond acceptors (Lipinski definition) is 3. The zero-order chi connectivity index (χ0) is 19.3. The van der Waals surface area contributed by atoms with Gasteiger partial charge in [-0.1, -0.05) is 78.9 Å². The molecule has 0 aliphatic heterocycles. The predicted molar refractivity (Wildman–Crippen MR) is 118 cm³/mol. The maximum atomic E-state index is 9.62. The normalized spacial score (nSPS) is 11.2. The van der Waals surface area contributed by atoms with Gasteiger partial charge in [-0.15, -0.1) is 11.3 Å². The van der Waals surface area contributed by atoms with Crippen molar-refractivity contribution in [2.45, 2.75) is 6.92 Å². The number of aryl methyl sites for hydroxylation is 1. The van der Waals surface area contributed by atoms with E-state index in [1.165, 1.54) is 22.5 Å². The van der Waals surface area contributed by atoms with Crippen molar-refractivity contribution in [3.8, 4) is 28.5 Å². The Morgan fingerprint density at radius 2 is 1.50 bits per heavy atom. The molecule has 0 N–H and O–H groups in total. The van der Waals surface area contributed by atoms with E-state index in [9.17, 15) is 5.26 Å². The minimum Gasteiger partial charge on any atom is -0.235 e. The molecule has 1 aromatic heterocycles. The van der Waals surface area contributed by atoms with Crippen molar-refractivity contribution in [1.82, 2.24) is 4.98 Å². The number of allylic oxidation sites excluding steroid dienone is 1. The Hall–Kier alpha value is -3.48. The van der Waals surface area contributed by atoms with Gasteiger partial charge in [0.1, 0.15) is 11.1 Å². The van der Waals surface area contributed by atoms with E-state index < -0.39 is 0 Å². The van der Waals surface area contributed by atoms with E-state index in [0.29, 0.717) is 5.57 Å². The van der Waals surface area contributed by atoms with Crippen LogP contribution < -0.4 is 0 Å². The summed E-state index contributed by atoms with van der Waals surface area (Å²) in [5.41, 5.74) is 7.09. The Kier molecular flexibility index (Phi) is 5.14. The molecule has 0 spiro atoms. The van der Waals surface area contributed by atoms with Crippen LogP contribution in [0.25, 0.3) is 34.0 Å². The molecule has 134 valence electrons. The summed E-state index contributed by atoms with van der Waals surface area (Å²) in [5, 5.41) is 12.4. The Balaban J connectivity index is 1.62. The zero-order valence-electron chi connectivity index (χ0n) is 15.5. The average molecular weight is 378 g/mol. The average Bonchev–Trinajstić information content (AvgIpc) is 3.24. The molecule has 0 atom stereocenters. The lowest BCUT2D eigenvalue weighted by Gasteiger charge is -2.03. The quantitative estimate of drug-likeness (QED) is 0.364.